The predicted octanol–water partition coefficient (Wildman–Crippen LogP) is 3.90. The molecule has 0 aliphatic rings. The summed E-state index contributed by atoms with van der Waals surface area (Å²) in [6, 6.07) is 4.94. The van der Waals surface area contributed by atoms with Gasteiger partial charge >= 0.3 is 12.4 Å². The normalized spacial score (nSPS) is 12.6. The fourth-order valence-electron chi connectivity index (χ4n) is 2.38. The van der Waals surface area contributed by atoms with Crippen molar-refractivity contribution >= 4 is 21.6 Å². The molecule has 13 heteroatoms. The molecule has 2 aromatic rings. The number of methoxy groups -OCH3 is 1. The van der Waals surface area contributed by atoms with E-state index in [1.807, 2.05) is 5.32 Å². The van der Waals surface area contributed by atoms with Crippen LogP contribution in [0.15, 0.2) is 47.4 Å². The number of carbonyl (C=O) groups is 1. The van der Waals surface area contributed by atoms with Gasteiger partial charge in [0, 0.05) is 24.9 Å². The van der Waals surface area contributed by atoms with Crippen molar-refractivity contribution in [3.63, 3.8) is 0 Å². The lowest BCUT2D eigenvalue weighted by molar-refractivity contribution is -0.143. The van der Waals surface area contributed by atoms with Crippen LogP contribution in [-0.2, 0) is 27.1 Å². The number of ether oxygens (including phenoxy) is 1. The second-order valence-electron chi connectivity index (χ2n) is 6.16. The van der Waals surface area contributed by atoms with Gasteiger partial charge in [0.15, 0.2) is 0 Å². The zero-order valence-corrected chi connectivity index (χ0v) is 16.6. The van der Waals surface area contributed by atoms with E-state index < -0.39 is 45.1 Å². The number of rotatable bonds is 7. The van der Waals surface area contributed by atoms with Gasteiger partial charge in [-0.15, -0.1) is 0 Å². The standard InChI is InChI=1S/C18H16F6N2O4S/c1-30-7-6-25-31(28,29)15-4-2-11(3-5-15)16(27)26-14-9-12(17(19,20)21)8-13(10-14)18(22,23)24/h2-5,8-10,25H,6-7H2,1H3,(H,26,27). The quantitative estimate of drug-likeness (QED) is 0.475. The van der Waals surface area contributed by atoms with Gasteiger partial charge in [-0.05, 0) is 42.5 Å². The van der Waals surface area contributed by atoms with Crippen molar-refractivity contribution < 1.29 is 44.3 Å². The van der Waals surface area contributed by atoms with E-state index in [-0.39, 0.29) is 29.7 Å². The number of anilines is 1. The van der Waals surface area contributed by atoms with Gasteiger partial charge in [-0.1, -0.05) is 0 Å². The molecule has 1 amide bonds. The molecule has 0 aromatic heterocycles. The van der Waals surface area contributed by atoms with E-state index in [0.29, 0.717) is 12.1 Å². The highest BCUT2D eigenvalue weighted by atomic mass is 32.2. The van der Waals surface area contributed by atoms with E-state index in [2.05, 4.69) is 4.72 Å². The van der Waals surface area contributed by atoms with E-state index in [9.17, 15) is 39.6 Å². The van der Waals surface area contributed by atoms with Crippen LogP contribution in [0, 0.1) is 0 Å². The number of amides is 1. The monoisotopic (exact) mass is 470 g/mol. The SMILES string of the molecule is COCCNS(=O)(=O)c1ccc(C(=O)Nc2cc(C(F)(F)F)cc(C(F)(F)F)c2)cc1. The molecule has 2 N–H and O–H groups in total. The zero-order valence-electron chi connectivity index (χ0n) is 15.8. The molecule has 0 heterocycles. The lowest BCUT2D eigenvalue weighted by Crippen LogP contribution is -2.27. The molecule has 0 saturated heterocycles. The summed E-state index contributed by atoms with van der Waals surface area (Å²) in [7, 11) is -2.51. The molecule has 0 unspecified atom stereocenters. The Kier molecular flexibility index (Phi) is 7.34. The van der Waals surface area contributed by atoms with Crippen LogP contribution >= 0.6 is 0 Å². The zero-order chi connectivity index (χ0) is 23.4. The predicted molar refractivity (Wildman–Crippen MR) is 97.9 cm³/mol. The molecule has 0 aliphatic heterocycles. The second kappa shape index (κ2) is 9.24. The van der Waals surface area contributed by atoms with Crippen LogP contribution in [0.5, 0.6) is 0 Å². The number of hydrogen-bond donors (Lipinski definition) is 2. The fourth-order valence-corrected chi connectivity index (χ4v) is 3.39. The van der Waals surface area contributed by atoms with Crippen LogP contribution in [0.25, 0.3) is 0 Å². The molecule has 0 aliphatic carbocycles. The minimum atomic E-state index is -5.06. The van der Waals surface area contributed by atoms with E-state index in [4.69, 9.17) is 4.74 Å². The lowest BCUT2D eigenvalue weighted by atomic mass is 10.1. The van der Waals surface area contributed by atoms with Crippen molar-refractivity contribution in [2.45, 2.75) is 17.2 Å². The van der Waals surface area contributed by atoms with Crippen LogP contribution in [0.1, 0.15) is 21.5 Å². The Balaban J connectivity index is 2.25. The maximum atomic E-state index is 12.9. The van der Waals surface area contributed by atoms with Gasteiger partial charge in [0.05, 0.1) is 22.6 Å². The van der Waals surface area contributed by atoms with Crippen molar-refractivity contribution in [3.8, 4) is 0 Å². The molecule has 0 radical (unpaired) electrons. The molecule has 2 aromatic carbocycles. The lowest BCUT2D eigenvalue weighted by Gasteiger charge is -2.15. The van der Waals surface area contributed by atoms with Gasteiger partial charge in [-0.2, -0.15) is 26.3 Å². The third kappa shape index (κ3) is 6.67. The Morgan fingerprint density at radius 3 is 1.90 bits per heavy atom. The van der Waals surface area contributed by atoms with E-state index >= 15 is 0 Å². The highest BCUT2D eigenvalue weighted by Crippen LogP contribution is 2.37. The highest BCUT2D eigenvalue weighted by molar-refractivity contribution is 7.89. The summed E-state index contributed by atoms with van der Waals surface area (Å²) >= 11 is 0. The molecular formula is C18H16F6N2O4S. The molecule has 2 rings (SSSR count). The van der Waals surface area contributed by atoms with Crippen molar-refractivity contribution in [1.82, 2.24) is 4.72 Å². The van der Waals surface area contributed by atoms with Gasteiger partial charge in [0.25, 0.3) is 5.91 Å². The average molecular weight is 470 g/mol. The maximum absolute atomic E-state index is 12.9. The number of carbonyl (C=O) groups excluding carboxylic acids is 1. The Bertz CT molecular complexity index is 1000. The number of halogens is 6. The first-order chi connectivity index (χ1) is 14.2. The molecule has 0 saturated carbocycles. The number of hydrogen-bond acceptors (Lipinski definition) is 4. The van der Waals surface area contributed by atoms with Crippen molar-refractivity contribution in [2.24, 2.45) is 0 Å². The number of alkyl halides is 6. The minimum absolute atomic E-state index is 0.00183. The van der Waals surface area contributed by atoms with Crippen molar-refractivity contribution in [1.29, 1.82) is 0 Å². The van der Waals surface area contributed by atoms with Crippen LogP contribution in [0.3, 0.4) is 0 Å². The second-order valence-corrected chi connectivity index (χ2v) is 7.93. The van der Waals surface area contributed by atoms with Gasteiger partial charge < -0.3 is 10.1 Å². The molecule has 6 nitrogen and oxygen atoms in total. The van der Waals surface area contributed by atoms with Crippen molar-refractivity contribution in [3.05, 3.63) is 59.2 Å². The van der Waals surface area contributed by atoms with E-state index in [1.165, 1.54) is 7.11 Å². The summed E-state index contributed by atoms with van der Waals surface area (Å²) in [5.74, 6) is -1.02. The molecule has 0 bridgehead atoms. The number of benzene rings is 2. The van der Waals surface area contributed by atoms with Gasteiger partial charge in [-0.3, -0.25) is 4.79 Å². The third-order valence-corrected chi connectivity index (χ3v) is 5.35. The van der Waals surface area contributed by atoms with Crippen LogP contribution in [0.4, 0.5) is 32.0 Å². The van der Waals surface area contributed by atoms with Crippen LogP contribution in [-0.4, -0.2) is 34.6 Å². The summed E-state index contributed by atoms with van der Waals surface area (Å²) in [4.78, 5) is 12.1. The number of sulfonamides is 1. The van der Waals surface area contributed by atoms with Gasteiger partial charge in [0.1, 0.15) is 0 Å². The summed E-state index contributed by atoms with van der Waals surface area (Å²) in [6.07, 6.45) is -10.1. The summed E-state index contributed by atoms with van der Waals surface area (Å²) in [5, 5.41) is 1.96. The largest absolute Gasteiger partial charge is 0.416 e. The third-order valence-electron chi connectivity index (χ3n) is 3.87. The first kappa shape index (κ1) is 24.6. The topological polar surface area (TPSA) is 84.5 Å². The Hall–Kier alpha value is -2.64. The first-order valence-electron chi connectivity index (χ1n) is 8.43. The molecule has 0 spiro atoms. The highest BCUT2D eigenvalue weighted by Gasteiger charge is 2.37. The Morgan fingerprint density at radius 1 is 0.935 bits per heavy atom. The Labute approximate surface area is 173 Å². The summed E-state index contributed by atoms with van der Waals surface area (Å²) in [6.45, 7) is 0.120. The smallest absolute Gasteiger partial charge is 0.383 e. The Morgan fingerprint density at radius 2 is 1.45 bits per heavy atom. The van der Waals surface area contributed by atoms with Gasteiger partial charge in [0.2, 0.25) is 10.0 Å². The van der Waals surface area contributed by atoms with Gasteiger partial charge in [-0.25, -0.2) is 13.1 Å². The first-order valence-corrected chi connectivity index (χ1v) is 9.92. The molecule has 0 atom stereocenters. The van der Waals surface area contributed by atoms with E-state index in [1.54, 1.807) is 0 Å². The summed E-state index contributed by atoms with van der Waals surface area (Å²) in [5.41, 5.74) is -4.06. The minimum Gasteiger partial charge on any atom is -0.383 e. The average Bonchev–Trinajstić information content (AvgIpc) is 2.66. The molecule has 0 fully saturated rings. The molecule has 170 valence electrons. The van der Waals surface area contributed by atoms with Crippen molar-refractivity contribution in [2.75, 3.05) is 25.6 Å². The number of nitrogens with one attached hydrogen (secondary N) is 2. The fraction of sp³-hybridized carbons (Fsp3) is 0.278. The van der Waals surface area contributed by atoms with Crippen LogP contribution < -0.4 is 10.0 Å². The van der Waals surface area contributed by atoms with E-state index in [0.717, 1.165) is 24.3 Å². The molecule has 31 heavy (non-hydrogen) atoms. The maximum Gasteiger partial charge on any atom is 0.416 e. The summed E-state index contributed by atoms with van der Waals surface area (Å²) < 4.78 is 109. The molecular weight excluding hydrogens is 454 g/mol. The van der Waals surface area contributed by atoms with Crippen LogP contribution in [0.2, 0.25) is 0 Å².